The van der Waals surface area contributed by atoms with E-state index in [2.05, 4.69) is 42.5 Å². The Labute approximate surface area is 208 Å². The first-order valence-corrected chi connectivity index (χ1v) is 13.4. The molecule has 0 radical (unpaired) electrons. The molecule has 1 amide bonds. The van der Waals surface area contributed by atoms with E-state index in [0.29, 0.717) is 18.7 Å². The summed E-state index contributed by atoms with van der Waals surface area (Å²) in [4.78, 5) is 17.4. The average Bonchev–Trinajstić information content (AvgIpc) is 2.88. The third-order valence-electron chi connectivity index (χ3n) is 6.39. The molecule has 1 fully saturated rings. The van der Waals surface area contributed by atoms with E-state index in [0.717, 1.165) is 24.2 Å². The summed E-state index contributed by atoms with van der Waals surface area (Å²) in [6, 6.07) is 24.4. The van der Waals surface area contributed by atoms with Gasteiger partial charge in [0.05, 0.1) is 4.90 Å². The van der Waals surface area contributed by atoms with E-state index >= 15 is 0 Å². The van der Waals surface area contributed by atoms with Gasteiger partial charge in [-0.3, -0.25) is 4.79 Å². The Morgan fingerprint density at radius 3 is 2.00 bits per heavy atom. The van der Waals surface area contributed by atoms with Crippen LogP contribution in [0.25, 0.3) is 0 Å². The lowest BCUT2D eigenvalue weighted by molar-refractivity contribution is 0.0746. The number of hydrogen-bond donors (Lipinski definition) is 1. The summed E-state index contributed by atoms with van der Waals surface area (Å²) in [5.41, 5.74) is 3.63. The molecule has 0 atom stereocenters. The van der Waals surface area contributed by atoms with E-state index in [1.165, 1.54) is 5.69 Å². The van der Waals surface area contributed by atoms with Crippen LogP contribution in [0.1, 0.15) is 42.3 Å². The topological polar surface area (TPSA) is 69.7 Å². The molecule has 35 heavy (non-hydrogen) atoms. The first kappa shape index (κ1) is 24.9. The molecule has 1 aliphatic rings. The first-order valence-electron chi connectivity index (χ1n) is 11.9. The van der Waals surface area contributed by atoms with Crippen molar-refractivity contribution in [2.45, 2.75) is 37.6 Å². The van der Waals surface area contributed by atoms with Crippen molar-refractivity contribution in [1.82, 2.24) is 9.62 Å². The molecular formula is C28H33N3O3S. The predicted molar refractivity (Wildman–Crippen MR) is 140 cm³/mol. The number of piperazine rings is 1. The number of sulfonamides is 1. The minimum absolute atomic E-state index is 0.00350. The van der Waals surface area contributed by atoms with Crippen LogP contribution in [-0.2, 0) is 22.0 Å². The normalized spacial score (nSPS) is 14.7. The van der Waals surface area contributed by atoms with Crippen LogP contribution in [0.15, 0.2) is 83.8 Å². The van der Waals surface area contributed by atoms with Crippen molar-refractivity contribution >= 4 is 21.6 Å². The number of carbonyl (C=O) groups is 1. The fourth-order valence-corrected chi connectivity index (χ4v) is 5.17. The fourth-order valence-electron chi connectivity index (χ4n) is 4.15. The molecule has 0 bridgehead atoms. The lowest BCUT2D eigenvalue weighted by Gasteiger charge is -2.36. The molecule has 184 valence electrons. The van der Waals surface area contributed by atoms with Gasteiger partial charge in [-0.25, -0.2) is 13.1 Å². The average molecular weight is 492 g/mol. The molecule has 6 nitrogen and oxygen atoms in total. The lowest BCUT2D eigenvalue weighted by atomic mass is 9.87. The van der Waals surface area contributed by atoms with Crippen LogP contribution in [0.3, 0.4) is 0 Å². The van der Waals surface area contributed by atoms with Crippen molar-refractivity contribution in [2.75, 3.05) is 31.1 Å². The van der Waals surface area contributed by atoms with Gasteiger partial charge in [0.25, 0.3) is 5.91 Å². The smallest absolute Gasteiger partial charge is 0.253 e. The van der Waals surface area contributed by atoms with Gasteiger partial charge >= 0.3 is 0 Å². The van der Waals surface area contributed by atoms with E-state index in [1.807, 2.05) is 35.2 Å². The zero-order valence-electron chi connectivity index (χ0n) is 20.6. The lowest BCUT2D eigenvalue weighted by Crippen LogP contribution is -2.48. The van der Waals surface area contributed by atoms with Crippen molar-refractivity contribution in [3.05, 3.63) is 95.6 Å². The SMILES string of the molecule is CC(C)(C)c1ccc(S(=O)(=O)NCc2ccc(C(=O)N3CCN(c4ccccc4)CC3)cc2)cc1. The largest absolute Gasteiger partial charge is 0.368 e. The molecule has 3 aromatic carbocycles. The van der Waals surface area contributed by atoms with Gasteiger partial charge in [0, 0.05) is 44.0 Å². The van der Waals surface area contributed by atoms with E-state index < -0.39 is 10.0 Å². The minimum Gasteiger partial charge on any atom is -0.368 e. The summed E-state index contributed by atoms with van der Waals surface area (Å²) in [5.74, 6) is 0.00350. The minimum atomic E-state index is -3.62. The van der Waals surface area contributed by atoms with Crippen LogP contribution in [0, 0.1) is 0 Å². The number of nitrogens with one attached hydrogen (secondary N) is 1. The van der Waals surface area contributed by atoms with Gasteiger partial charge in [-0.15, -0.1) is 0 Å². The molecule has 1 N–H and O–H groups in total. The Morgan fingerprint density at radius 2 is 1.43 bits per heavy atom. The molecule has 0 spiro atoms. The van der Waals surface area contributed by atoms with Crippen molar-refractivity contribution in [2.24, 2.45) is 0 Å². The van der Waals surface area contributed by atoms with Gasteiger partial charge in [0.15, 0.2) is 0 Å². The van der Waals surface area contributed by atoms with Crippen LogP contribution in [0.5, 0.6) is 0 Å². The highest BCUT2D eigenvalue weighted by Gasteiger charge is 2.22. The van der Waals surface area contributed by atoms with Crippen molar-refractivity contribution in [3.63, 3.8) is 0 Å². The summed E-state index contributed by atoms with van der Waals surface area (Å²) < 4.78 is 28.1. The molecule has 1 aliphatic heterocycles. The predicted octanol–water partition coefficient (Wildman–Crippen LogP) is 4.43. The molecule has 7 heteroatoms. The number of rotatable bonds is 6. The molecule has 4 rings (SSSR count). The summed E-state index contributed by atoms with van der Waals surface area (Å²) in [5, 5.41) is 0. The molecular weight excluding hydrogens is 458 g/mol. The number of para-hydroxylation sites is 1. The van der Waals surface area contributed by atoms with Crippen molar-refractivity contribution in [1.29, 1.82) is 0 Å². The number of anilines is 1. The van der Waals surface area contributed by atoms with E-state index in [9.17, 15) is 13.2 Å². The molecule has 0 aliphatic carbocycles. The number of nitrogens with zero attached hydrogens (tertiary/aromatic N) is 2. The molecule has 0 aromatic heterocycles. The third kappa shape index (κ3) is 6.10. The van der Waals surface area contributed by atoms with Crippen LogP contribution in [-0.4, -0.2) is 45.4 Å². The number of amides is 1. The van der Waals surface area contributed by atoms with Gasteiger partial charge in [0.2, 0.25) is 10.0 Å². The zero-order chi connectivity index (χ0) is 25.1. The molecule has 0 saturated carbocycles. The quantitative estimate of drug-likeness (QED) is 0.554. The Bertz CT molecular complexity index is 1240. The van der Waals surface area contributed by atoms with E-state index in [4.69, 9.17) is 0 Å². The van der Waals surface area contributed by atoms with Gasteiger partial charge in [-0.2, -0.15) is 0 Å². The van der Waals surface area contributed by atoms with Gasteiger partial charge in [0.1, 0.15) is 0 Å². The second kappa shape index (κ2) is 10.2. The highest BCUT2D eigenvalue weighted by molar-refractivity contribution is 7.89. The molecule has 0 unspecified atom stereocenters. The Balaban J connectivity index is 1.32. The van der Waals surface area contributed by atoms with Crippen LogP contribution in [0.2, 0.25) is 0 Å². The summed E-state index contributed by atoms with van der Waals surface area (Å²) in [6.07, 6.45) is 0. The Morgan fingerprint density at radius 1 is 0.829 bits per heavy atom. The monoisotopic (exact) mass is 491 g/mol. The number of benzene rings is 3. The van der Waals surface area contributed by atoms with Crippen LogP contribution >= 0.6 is 0 Å². The highest BCUT2D eigenvalue weighted by Crippen LogP contribution is 2.23. The summed E-state index contributed by atoms with van der Waals surface area (Å²) >= 11 is 0. The van der Waals surface area contributed by atoms with Crippen LogP contribution in [0.4, 0.5) is 5.69 Å². The Kier molecular flexibility index (Phi) is 7.28. The second-order valence-corrected chi connectivity index (χ2v) is 11.7. The molecule has 3 aromatic rings. The number of carbonyl (C=O) groups excluding carboxylic acids is 1. The maximum absolute atomic E-state index is 13.0. The van der Waals surface area contributed by atoms with Crippen molar-refractivity contribution in [3.8, 4) is 0 Å². The maximum Gasteiger partial charge on any atom is 0.253 e. The summed E-state index contributed by atoms with van der Waals surface area (Å²) in [7, 11) is -3.62. The molecule has 1 heterocycles. The van der Waals surface area contributed by atoms with E-state index in [1.54, 1.807) is 36.4 Å². The van der Waals surface area contributed by atoms with Gasteiger partial charge < -0.3 is 9.80 Å². The highest BCUT2D eigenvalue weighted by atomic mass is 32.2. The standard InChI is InChI=1S/C28H33N3O3S/c1-28(2,3)24-13-15-26(16-14-24)35(33,34)29-21-22-9-11-23(12-10-22)27(32)31-19-17-30(18-20-31)25-7-5-4-6-8-25/h4-16,29H,17-21H2,1-3H3. The maximum atomic E-state index is 13.0. The van der Waals surface area contributed by atoms with Crippen molar-refractivity contribution < 1.29 is 13.2 Å². The number of hydrogen-bond acceptors (Lipinski definition) is 4. The fraction of sp³-hybridized carbons (Fsp3) is 0.321. The summed E-state index contributed by atoms with van der Waals surface area (Å²) in [6.45, 7) is 9.37. The third-order valence-corrected chi connectivity index (χ3v) is 7.80. The first-order chi connectivity index (χ1) is 16.6. The van der Waals surface area contributed by atoms with Gasteiger partial charge in [-0.05, 0) is 52.9 Å². The zero-order valence-corrected chi connectivity index (χ0v) is 21.4. The molecule has 1 saturated heterocycles. The van der Waals surface area contributed by atoms with Gasteiger partial charge in [-0.1, -0.05) is 63.2 Å². The van der Waals surface area contributed by atoms with Crippen LogP contribution < -0.4 is 9.62 Å². The second-order valence-electron chi connectivity index (χ2n) is 9.91. The van der Waals surface area contributed by atoms with E-state index in [-0.39, 0.29) is 22.8 Å². The Hall–Kier alpha value is -3.16.